The summed E-state index contributed by atoms with van der Waals surface area (Å²) in [7, 11) is 0. The molecule has 3 aromatic heterocycles. The Labute approximate surface area is 290 Å². The van der Waals surface area contributed by atoms with Crippen molar-refractivity contribution in [2.24, 2.45) is 0 Å². The first-order valence-corrected chi connectivity index (χ1v) is 17.9. The molecule has 50 heavy (non-hydrogen) atoms. The van der Waals surface area contributed by atoms with Crippen LogP contribution in [0.1, 0.15) is 43.2 Å². The topological polar surface area (TPSA) is 31.0 Å². The lowest BCUT2D eigenvalue weighted by molar-refractivity contribution is 0.355. The quantitative estimate of drug-likeness (QED) is 0.192. The minimum Gasteiger partial charge on any atom is -0.455 e. The van der Waals surface area contributed by atoms with Crippen LogP contribution in [0.15, 0.2) is 150 Å². The summed E-state index contributed by atoms with van der Waals surface area (Å²) in [6, 6.07) is 52.6. The predicted octanol–water partition coefficient (Wildman–Crippen LogP) is 12.6. The number of rotatable bonds is 3. The van der Waals surface area contributed by atoms with Gasteiger partial charge in [0.1, 0.15) is 11.2 Å². The number of fused-ring (bicyclic) bond motifs is 14. The molecular weight excluding hydrogens is 609 g/mol. The van der Waals surface area contributed by atoms with Gasteiger partial charge in [0.15, 0.2) is 0 Å². The van der Waals surface area contributed by atoms with Gasteiger partial charge in [-0.25, -0.2) is 4.98 Å². The van der Waals surface area contributed by atoms with E-state index >= 15 is 0 Å². The summed E-state index contributed by atoms with van der Waals surface area (Å²) in [4.78, 5) is 5.27. The van der Waals surface area contributed by atoms with Crippen LogP contribution in [0.25, 0.3) is 83.1 Å². The van der Waals surface area contributed by atoms with Gasteiger partial charge in [-0.3, -0.25) is 0 Å². The van der Waals surface area contributed by atoms with E-state index in [0.717, 1.165) is 52.2 Å². The number of hydrogen-bond donors (Lipinski definition) is 0. The highest BCUT2D eigenvalue weighted by Crippen LogP contribution is 2.62. The number of benzene rings is 6. The lowest BCUT2D eigenvalue weighted by Crippen LogP contribution is -2.28. The Morgan fingerprint density at radius 2 is 1.20 bits per heavy atom. The Kier molecular flexibility index (Phi) is 5.89. The van der Waals surface area contributed by atoms with E-state index in [1.165, 1.54) is 74.1 Å². The minimum absolute atomic E-state index is 0.0484. The molecule has 1 spiro atoms. The van der Waals surface area contributed by atoms with Crippen molar-refractivity contribution in [3.05, 3.63) is 157 Å². The molecule has 3 heterocycles. The summed E-state index contributed by atoms with van der Waals surface area (Å²) < 4.78 is 9.56. The first-order chi connectivity index (χ1) is 24.8. The maximum Gasteiger partial charge on any atom is 0.145 e. The van der Waals surface area contributed by atoms with Gasteiger partial charge in [-0.05, 0) is 53.8 Å². The van der Waals surface area contributed by atoms with Gasteiger partial charge < -0.3 is 8.98 Å². The second-order valence-corrected chi connectivity index (χ2v) is 14.1. The molecule has 1 fully saturated rings. The van der Waals surface area contributed by atoms with Crippen LogP contribution >= 0.6 is 0 Å². The van der Waals surface area contributed by atoms with Crippen LogP contribution in [-0.2, 0) is 5.41 Å². The molecule has 11 rings (SSSR count). The third kappa shape index (κ3) is 3.78. The smallest absolute Gasteiger partial charge is 0.145 e. The average molecular weight is 643 g/mol. The number of hydrogen-bond acceptors (Lipinski definition) is 2. The molecule has 6 aromatic carbocycles. The minimum atomic E-state index is -0.0484. The molecule has 0 amide bonds. The molecule has 1 saturated carbocycles. The van der Waals surface area contributed by atoms with Gasteiger partial charge in [0.25, 0.3) is 0 Å². The van der Waals surface area contributed by atoms with Gasteiger partial charge in [-0.1, -0.05) is 141 Å². The molecule has 0 radical (unpaired) electrons. The van der Waals surface area contributed by atoms with E-state index in [4.69, 9.17) is 9.40 Å². The molecule has 238 valence electrons. The van der Waals surface area contributed by atoms with E-state index in [1.54, 1.807) is 0 Å². The van der Waals surface area contributed by atoms with Gasteiger partial charge in [0.05, 0.1) is 33.5 Å². The van der Waals surface area contributed by atoms with E-state index in [9.17, 15) is 0 Å². The van der Waals surface area contributed by atoms with Gasteiger partial charge in [0.2, 0.25) is 0 Å². The Bertz CT molecular complexity index is 2720. The number of para-hydroxylation sites is 2. The van der Waals surface area contributed by atoms with Gasteiger partial charge in [-0.2, -0.15) is 0 Å². The fraction of sp³-hybridized carbons (Fsp3) is 0.128. The summed E-state index contributed by atoms with van der Waals surface area (Å²) in [6.07, 6.45) is 6.07. The number of aromatic nitrogens is 2. The van der Waals surface area contributed by atoms with Crippen molar-refractivity contribution in [1.29, 1.82) is 0 Å². The highest BCUT2D eigenvalue weighted by molar-refractivity contribution is 6.30. The van der Waals surface area contributed by atoms with Crippen LogP contribution in [0.3, 0.4) is 0 Å². The largest absolute Gasteiger partial charge is 0.455 e. The van der Waals surface area contributed by atoms with Crippen molar-refractivity contribution < 1.29 is 4.42 Å². The summed E-state index contributed by atoms with van der Waals surface area (Å²) in [5.74, 6) is 0. The van der Waals surface area contributed by atoms with Crippen molar-refractivity contribution in [2.75, 3.05) is 0 Å². The summed E-state index contributed by atoms with van der Waals surface area (Å²) in [5, 5.41) is 4.91. The zero-order chi connectivity index (χ0) is 32.8. The maximum atomic E-state index is 7.04. The molecule has 0 atom stereocenters. The lowest BCUT2D eigenvalue weighted by Gasteiger charge is -2.36. The maximum absolute atomic E-state index is 7.04. The van der Waals surface area contributed by atoms with E-state index < -0.39 is 0 Å². The summed E-state index contributed by atoms with van der Waals surface area (Å²) in [6.45, 7) is 0. The standard InChI is InChI=1S/C47H34N2O/c1-4-16-30(17-5-1)37-28-32(29-38(48-37)31-18-6-2-7-19-31)49-39-24-12-9-21-34(39)43-45(49)41-33-20-8-11-23-36(33)47(26-14-3-15-27-47)44(41)42-35-22-10-13-25-40(35)50-46(42)43/h1-2,4-13,16-25,28-29H,3,14-15,26-27H2. The monoisotopic (exact) mass is 642 g/mol. The van der Waals surface area contributed by atoms with E-state index in [1.807, 2.05) is 0 Å². The molecule has 0 saturated heterocycles. The number of pyridine rings is 1. The first-order valence-electron chi connectivity index (χ1n) is 17.9. The third-order valence-corrected chi connectivity index (χ3v) is 11.5. The summed E-state index contributed by atoms with van der Waals surface area (Å²) >= 11 is 0. The zero-order valence-corrected chi connectivity index (χ0v) is 27.7. The Balaban J connectivity index is 1.37. The van der Waals surface area contributed by atoms with Gasteiger partial charge in [-0.15, -0.1) is 0 Å². The van der Waals surface area contributed by atoms with Crippen molar-refractivity contribution in [3.8, 4) is 39.3 Å². The van der Waals surface area contributed by atoms with Crippen molar-refractivity contribution >= 4 is 43.7 Å². The molecule has 0 aliphatic heterocycles. The van der Waals surface area contributed by atoms with Crippen LogP contribution in [0.4, 0.5) is 0 Å². The van der Waals surface area contributed by atoms with E-state index in [2.05, 4.69) is 150 Å². The summed E-state index contributed by atoms with van der Waals surface area (Å²) in [5.41, 5.74) is 15.2. The van der Waals surface area contributed by atoms with Crippen molar-refractivity contribution in [1.82, 2.24) is 9.55 Å². The molecule has 3 heteroatoms. The van der Waals surface area contributed by atoms with Crippen LogP contribution in [-0.4, -0.2) is 9.55 Å². The van der Waals surface area contributed by atoms with Crippen LogP contribution in [0, 0.1) is 0 Å². The average Bonchev–Trinajstić information content (AvgIpc) is 3.82. The Morgan fingerprint density at radius 3 is 1.94 bits per heavy atom. The molecule has 0 N–H and O–H groups in total. The van der Waals surface area contributed by atoms with Crippen molar-refractivity contribution in [3.63, 3.8) is 0 Å². The van der Waals surface area contributed by atoms with Crippen molar-refractivity contribution in [2.45, 2.75) is 37.5 Å². The highest BCUT2D eigenvalue weighted by Gasteiger charge is 2.47. The normalized spacial score (nSPS) is 15.0. The molecule has 3 nitrogen and oxygen atoms in total. The highest BCUT2D eigenvalue weighted by atomic mass is 16.3. The van der Waals surface area contributed by atoms with Crippen LogP contribution in [0.2, 0.25) is 0 Å². The van der Waals surface area contributed by atoms with Crippen LogP contribution in [0.5, 0.6) is 0 Å². The molecule has 0 unspecified atom stereocenters. The SMILES string of the molecule is c1ccc(-c2cc(-n3c4ccccc4c4c5oc6ccccc6c5c5c(c43)-c3ccccc3C53CCCCC3)cc(-c3ccccc3)n2)cc1. The fourth-order valence-corrected chi connectivity index (χ4v) is 9.52. The number of furan rings is 1. The lowest BCUT2D eigenvalue weighted by atomic mass is 9.67. The molecule has 0 bridgehead atoms. The van der Waals surface area contributed by atoms with E-state index in [-0.39, 0.29) is 5.41 Å². The van der Waals surface area contributed by atoms with Crippen LogP contribution < -0.4 is 0 Å². The predicted molar refractivity (Wildman–Crippen MR) is 206 cm³/mol. The first kappa shape index (κ1) is 28.0. The molecule has 9 aromatic rings. The van der Waals surface area contributed by atoms with Gasteiger partial charge >= 0.3 is 0 Å². The second-order valence-electron chi connectivity index (χ2n) is 14.1. The molecular formula is C47H34N2O. The van der Waals surface area contributed by atoms with Gasteiger partial charge in [0, 0.05) is 38.3 Å². The number of nitrogens with zero attached hydrogens (tertiary/aromatic N) is 2. The molecule has 2 aliphatic rings. The zero-order valence-electron chi connectivity index (χ0n) is 27.7. The fourth-order valence-electron chi connectivity index (χ4n) is 9.52. The second kappa shape index (κ2) is 10.5. The van der Waals surface area contributed by atoms with E-state index in [0.29, 0.717) is 0 Å². The molecule has 2 aliphatic carbocycles. The Morgan fingerprint density at radius 1 is 0.580 bits per heavy atom. The Hall–Kier alpha value is -5.93. The third-order valence-electron chi connectivity index (χ3n) is 11.5.